The van der Waals surface area contributed by atoms with Gasteiger partial charge in [0, 0.05) is 44.2 Å². The summed E-state index contributed by atoms with van der Waals surface area (Å²) in [6, 6.07) is 2.06. The fourth-order valence-electron chi connectivity index (χ4n) is 2.90. The Morgan fingerprint density at radius 1 is 1.19 bits per heavy atom. The number of rotatable bonds is 3. The average molecular weight is 223 g/mol. The second kappa shape index (κ2) is 4.34. The van der Waals surface area contributed by atoms with Crippen LogP contribution in [-0.2, 0) is 4.79 Å². The van der Waals surface area contributed by atoms with Gasteiger partial charge in [-0.05, 0) is 25.7 Å². The summed E-state index contributed by atoms with van der Waals surface area (Å²) >= 11 is 0. The van der Waals surface area contributed by atoms with Gasteiger partial charge < -0.3 is 10.6 Å². The van der Waals surface area contributed by atoms with Crippen molar-refractivity contribution >= 4 is 5.91 Å². The van der Waals surface area contributed by atoms with Crippen molar-refractivity contribution in [3.05, 3.63) is 0 Å². The van der Waals surface area contributed by atoms with Gasteiger partial charge in [-0.1, -0.05) is 0 Å². The summed E-state index contributed by atoms with van der Waals surface area (Å²) in [7, 11) is 0. The minimum Gasteiger partial charge on any atom is -0.355 e. The summed E-state index contributed by atoms with van der Waals surface area (Å²) in [5.41, 5.74) is 0. The molecule has 3 rings (SSSR count). The van der Waals surface area contributed by atoms with Crippen LogP contribution in [0.3, 0.4) is 0 Å². The zero-order valence-electron chi connectivity index (χ0n) is 9.74. The Bertz CT molecular complexity index is 267. The van der Waals surface area contributed by atoms with Crippen molar-refractivity contribution in [1.82, 2.24) is 15.5 Å². The molecule has 0 aromatic rings. The molecule has 1 aliphatic carbocycles. The third-order valence-electron chi connectivity index (χ3n) is 4.02. The van der Waals surface area contributed by atoms with Crippen LogP contribution in [0.5, 0.6) is 0 Å². The van der Waals surface area contributed by atoms with Crippen LogP contribution in [0.1, 0.15) is 32.1 Å². The van der Waals surface area contributed by atoms with Crippen molar-refractivity contribution in [3.63, 3.8) is 0 Å². The van der Waals surface area contributed by atoms with Crippen LogP contribution in [0.25, 0.3) is 0 Å². The molecule has 2 N–H and O–H groups in total. The predicted molar refractivity (Wildman–Crippen MR) is 62.2 cm³/mol. The fraction of sp³-hybridized carbons (Fsp3) is 0.917. The van der Waals surface area contributed by atoms with E-state index in [9.17, 15) is 4.79 Å². The summed E-state index contributed by atoms with van der Waals surface area (Å²) in [5, 5.41) is 6.63. The molecule has 2 unspecified atom stereocenters. The minimum atomic E-state index is 0.212. The van der Waals surface area contributed by atoms with Gasteiger partial charge in [0.05, 0.1) is 0 Å². The Morgan fingerprint density at radius 2 is 2.06 bits per heavy atom. The second-order valence-electron chi connectivity index (χ2n) is 5.42. The number of piperidine rings is 1. The van der Waals surface area contributed by atoms with Crippen molar-refractivity contribution in [2.45, 2.75) is 50.2 Å². The number of amides is 1. The average Bonchev–Trinajstić information content (AvgIpc) is 3.04. The van der Waals surface area contributed by atoms with E-state index >= 15 is 0 Å². The van der Waals surface area contributed by atoms with Crippen LogP contribution in [0, 0.1) is 0 Å². The van der Waals surface area contributed by atoms with Crippen molar-refractivity contribution < 1.29 is 4.79 Å². The van der Waals surface area contributed by atoms with Gasteiger partial charge in [0.15, 0.2) is 0 Å². The molecular weight excluding hydrogens is 202 g/mol. The Morgan fingerprint density at radius 3 is 2.75 bits per heavy atom. The lowest BCUT2D eigenvalue weighted by Gasteiger charge is -2.27. The van der Waals surface area contributed by atoms with E-state index < -0.39 is 0 Å². The van der Waals surface area contributed by atoms with E-state index in [0.717, 1.165) is 19.0 Å². The molecule has 0 spiro atoms. The van der Waals surface area contributed by atoms with Gasteiger partial charge in [0.2, 0.25) is 5.91 Å². The summed E-state index contributed by atoms with van der Waals surface area (Å²) in [6.45, 7) is 3.30. The maximum absolute atomic E-state index is 11.0. The van der Waals surface area contributed by atoms with Gasteiger partial charge in [-0.15, -0.1) is 0 Å². The molecule has 3 aliphatic rings. The van der Waals surface area contributed by atoms with Crippen molar-refractivity contribution in [1.29, 1.82) is 0 Å². The highest BCUT2D eigenvalue weighted by Gasteiger charge is 2.35. The topological polar surface area (TPSA) is 44.4 Å². The maximum atomic E-state index is 11.0. The van der Waals surface area contributed by atoms with Gasteiger partial charge >= 0.3 is 0 Å². The SMILES string of the molecule is O=C1CCC(NC2CCN(C3CC3)C2)CN1. The largest absolute Gasteiger partial charge is 0.355 e. The number of likely N-dealkylation sites (tertiary alicyclic amines) is 1. The van der Waals surface area contributed by atoms with E-state index in [4.69, 9.17) is 0 Å². The molecule has 2 heterocycles. The molecule has 90 valence electrons. The van der Waals surface area contributed by atoms with Crippen molar-refractivity contribution in [2.24, 2.45) is 0 Å². The van der Waals surface area contributed by atoms with E-state index in [1.54, 1.807) is 0 Å². The van der Waals surface area contributed by atoms with Crippen LogP contribution in [0.4, 0.5) is 0 Å². The van der Waals surface area contributed by atoms with E-state index in [0.29, 0.717) is 18.5 Å². The number of carbonyl (C=O) groups is 1. The molecule has 2 saturated heterocycles. The van der Waals surface area contributed by atoms with Crippen LogP contribution < -0.4 is 10.6 Å². The molecule has 3 fully saturated rings. The van der Waals surface area contributed by atoms with Crippen LogP contribution in [-0.4, -0.2) is 48.6 Å². The number of hydrogen-bond donors (Lipinski definition) is 2. The van der Waals surface area contributed by atoms with Crippen LogP contribution in [0.15, 0.2) is 0 Å². The predicted octanol–water partition coefficient (Wildman–Crippen LogP) is 0.0913. The van der Waals surface area contributed by atoms with Crippen molar-refractivity contribution in [3.8, 4) is 0 Å². The highest BCUT2D eigenvalue weighted by molar-refractivity contribution is 5.76. The molecule has 2 aliphatic heterocycles. The zero-order chi connectivity index (χ0) is 11.0. The summed E-state index contributed by atoms with van der Waals surface area (Å²) in [5.74, 6) is 0.212. The van der Waals surface area contributed by atoms with Gasteiger partial charge in [-0.2, -0.15) is 0 Å². The van der Waals surface area contributed by atoms with Gasteiger partial charge in [0.25, 0.3) is 0 Å². The summed E-state index contributed by atoms with van der Waals surface area (Å²) < 4.78 is 0. The maximum Gasteiger partial charge on any atom is 0.220 e. The second-order valence-corrected chi connectivity index (χ2v) is 5.42. The number of nitrogens with zero attached hydrogens (tertiary/aromatic N) is 1. The smallest absolute Gasteiger partial charge is 0.220 e. The van der Waals surface area contributed by atoms with Crippen molar-refractivity contribution in [2.75, 3.05) is 19.6 Å². The third-order valence-corrected chi connectivity index (χ3v) is 4.02. The molecule has 1 saturated carbocycles. The standard InChI is InChI=1S/C12H21N3O/c16-12-4-1-9(7-13-12)14-10-5-6-15(8-10)11-2-3-11/h9-11,14H,1-8H2,(H,13,16). The monoisotopic (exact) mass is 223 g/mol. The molecule has 0 aromatic heterocycles. The number of nitrogens with one attached hydrogen (secondary N) is 2. The van der Waals surface area contributed by atoms with Crippen LogP contribution >= 0.6 is 0 Å². The van der Waals surface area contributed by atoms with Gasteiger partial charge in [0.1, 0.15) is 0 Å². The Balaban J connectivity index is 1.43. The Labute approximate surface area is 96.8 Å². The molecule has 16 heavy (non-hydrogen) atoms. The minimum absolute atomic E-state index is 0.212. The van der Waals surface area contributed by atoms with Gasteiger partial charge in [-0.25, -0.2) is 0 Å². The molecule has 2 atom stereocenters. The quantitative estimate of drug-likeness (QED) is 0.713. The molecule has 0 radical (unpaired) electrons. The summed E-state index contributed by atoms with van der Waals surface area (Å²) in [4.78, 5) is 13.7. The Kier molecular flexibility index (Phi) is 2.86. The molecule has 4 heteroatoms. The van der Waals surface area contributed by atoms with E-state index in [-0.39, 0.29) is 5.91 Å². The highest BCUT2D eigenvalue weighted by Crippen LogP contribution is 2.29. The third kappa shape index (κ3) is 2.38. The normalized spacial score (nSPS) is 36.4. The molecular formula is C12H21N3O. The number of hydrogen-bond acceptors (Lipinski definition) is 3. The van der Waals surface area contributed by atoms with E-state index in [1.807, 2.05) is 0 Å². The molecule has 0 bridgehead atoms. The lowest BCUT2D eigenvalue weighted by Crippen LogP contribution is -2.49. The van der Waals surface area contributed by atoms with Gasteiger partial charge in [-0.3, -0.25) is 9.69 Å². The lowest BCUT2D eigenvalue weighted by atomic mass is 10.1. The first kappa shape index (κ1) is 10.5. The lowest BCUT2D eigenvalue weighted by molar-refractivity contribution is -0.122. The zero-order valence-corrected chi connectivity index (χ0v) is 9.74. The first-order valence-corrected chi connectivity index (χ1v) is 6.58. The Hall–Kier alpha value is -0.610. The van der Waals surface area contributed by atoms with E-state index in [1.165, 1.54) is 32.4 Å². The first-order valence-electron chi connectivity index (χ1n) is 6.58. The molecule has 0 aromatic carbocycles. The van der Waals surface area contributed by atoms with E-state index in [2.05, 4.69) is 15.5 Å². The number of carbonyl (C=O) groups excluding carboxylic acids is 1. The first-order chi connectivity index (χ1) is 7.81. The highest BCUT2D eigenvalue weighted by atomic mass is 16.1. The molecule has 4 nitrogen and oxygen atoms in total. The molecule has 1 amide bonds. The summed E-state index contributed by atoms with van der Waals surface area (Å²) in [6.07, 6.45) is 5.79. The van der Waals surface area contributed by atoms with Crippen LogP contribution in [0.2, 0.25) is 0 Å². The fourth-order valence-corrected chi connectivity index (χ4v) is 2.90.